The molecule has 1 aromatic heterocycles. The number of halogens is 1. The van der Waals surface area contributed by atoms with E-state index in [0.29, 0.717) is 6.54 Å². The topological polar surface area (TPSA) is 44.6 Å². The standard InChI is InChI=1S/C24H36ClN5O/c1-6-18(3)29(24(31)19(4)25)17-22-20(5)26-30(21-11-9-8-10-12-21)23(22)28-15-13-27(7-2)14-16-28/h8-12,18-19H,6-7,13-17H2,1-5H3/t18-,19+/m1/s1. The molecule has 170 valence electrons. The molecule has 1 aromatic carbocycles. The molecular formula is C24H36ClN5O. The van der Waals surface area contributed by atoms with Gasteiger partial charge in [-0.15, -0.1) is 11.6 Å². The largest absolute Gasteiger partial charge is 0.354 e. The van der Waals surface area contributed by atoms with Crippen LogP contribution in [0, 0.1) is 6.92 Å². The lowest BCUT2D eigenvalue weighted by Gasteiger charge is -2.37. The van der Waals surface area contributed by atoms with Gasteiger partial charge in [-0.05, 0) is 45.9 Å². The number of carbonyl (C=O) groups is 1. The number of aromatic nitrogens is 2. The van der Waals surface area contributed by atoms with Gasteiger partial charge in [0.1, 0.15) is 11.2 Å². The van der Waals surface area contributed by atoms with Gasteiger partial charge >= 0.3 is 0 Å². The van der Waals surface area contributed by atoms with E-state index in [1.165, 1.54) is 0 Å². The van der Waals surface area contributed by atoms with Crippen LogP contribution >= 0.6 is 11.6 Å². The summed E-state index contributed by atoms with van der Waals surface area (Å²) >= 11 is 6.22. The molecule has 1 aliphatic heterocycles. The SMILES string of the molecule is CC[C@@H](C)N(Cc1c(C)nn(-c2ccccc2)c1N1CCN(CC)CC1)C(=O)[C@H](C)Cl. The second-order valence-corrected chi connectivity index (χ2v) is 9.05. The molecule has 0 unspecified atom stereocenters. The maximum absolute atomic E-state index is 13.0. The third-order valence-corrected chi connectivity index (χ3v) is 6.54. The van der Waals surface area contributed by atoms with Crippen LogP contribution in [-0.4, -0.2) is 69.6 Å². The van der Waals surface area contributed by atoms with E-state index in [9.17, 15) is 4.79 Å². The van der Waals surface area contributed by atoms with Crippen LogP contribution in [0.3, 0.4) is 0 Å². The summed E-state index contributed by atoms with van der Waals surface area (Å²) in [5.74, 6) is 1.08. The maximum Gasteiger partial charge on any atom is 0.240 e. The molecule has 2 heterocycles. The Morgan fingerprint density at radius 2 is 1.77 bits per heavy atom. The molecule has 6 nitrogen and oxygen atoms in total. The Morgan fingerprint density at radius 3 is 2.32 bits per heavy atom. The van der Waals surface area contributed by atoms with Crippen LogP contribution < -0.4 is 4.90 Å². The number of anilines is 1. The van der Waals surface area contributed by atoms with E-state index >= 15 is 0 Å². The summed E-state index contributed by atoms with van der Waals surface area (Å²) in [4.78, 5) is 19.8. The number of nitrogens with zero attached hydrogens (tertiary/aromatic N) is 5. The Hall–Kier alpha value is -2.05. The van der Waals surface area contributed by atoms with Crippen LogP contribution in [0.4, 0.5) is 5.82 Å². The highest BCUT2D eigenvalue weighted by Gasteiger charge is 2.30. The number of carbonyl (C=O) groups excluding carboxylic acids is 1. The lowest BCUT2D eigenvalue weighted by Crippen LogP contribution is -2.47. The van der Waals surface area contributed by atoms with Crippen molar-refractivity contribution >= 4 is 23.3 Å². The summed E-state index contributed by atoms with van der Waals surface area (Å²) in [5.41, 5.74) is 3.11. The van der Waals surface area contributed by atoms with Gasteiger partial charge in [-0.3, -0.25) is 4.79 Å². The number of benzene rings is 1. The van der Waals surface area contributed by atoms with Crippen molar-refractivity contribution in [2.75, 3.05) is 37.6 Å². The molecule has 1 aliphatic rings. The predicted molar refractivity (Wildman–Crippen MR) is 128 cm³/mol. The Morgan fingerprint density at radius 1 is 1.13 bits per heavy atom. The zero-order chi connectivity index (χ0) is 22.5. The molecule has 1 fully saturated rings. The van der Waals surface area contributed by atoms with Gasteiger partial charge in [0.2, 0.25) is 5.91 Å². The number of rotatable bonds is 8. The molecule has 2 atom stereocenters. The Balaban J connectivity index is 2.04. The fraction of sp³-hybridized carbons (Fsp3) is 0.583. The number of piperazine rings is 1. The fourth-order valence-corrected chi connectivity index (χ4v) is 4.28. The van der Waals surface area contributed by atoms with Gasteiger partial charge < -0.3 is 14.7 Å². The highest BCUT2D eigenvalue weighted by atomic mass is 35.5. The van der Waals surface area contributed by atoms with Gasteiger partial charge in [-0.2, -0.15) is 5.10 Å². The van der Waals surface area contributed by atoms with Crippen LogP contribution in [0.2, 0.25) is 0 Å². The molecule has 0 saturated carbocycles. The number of amides is 1. The summed E-state index contributed by atoms with van der Waals surface area (Å²) in [6.07, 6.45) is 0.881. The summed E-state index contributed by atoms with van der Waals surface area (Å²) in [5, 5.41) is 4.38. The minimum Gasteiger partial charge on any atom is -0.354 e. The predicted octanol–water partition coefficient (Wildman–Crippen LogP) is 4.08. The molecule has 3 rings (SSSR count). The molecule has 0 spiro atoms. The lowest BCUT2D eigenvalue weighted by molar-refractivity contribution is -0.133. The van der Waals surface area contributed by atoms with E-state index in [1.807, 2.05) is 30.0 Å². The van der Waals surface area contributed by atoms with Crippen molar-refractivity contribution in [2.24, 2.45) is 0 Å². The summed E-state index contributed by atoms with van der Waals surface area (Å²) < 4.78 is 2.05. The van der Waals surface area contributed by atoms with E-state index in [-0.39, 0.29) is 11.9 Å². The van der Waals surface area contributed by atoms with Gasteiger partial charge in [0.25, 0.3) is 0 Å². The molecule has 1 amide bonds. The van der Waals surface area contributed by atoms with Gasteiger partial charge in [0.15, 0.2) is 0 Å². The second kappa shape index (κ2) is 10.5. The zero-order valence-corrected chi connectivity index (χ0v) is 20.3. The Bertz CT molecular complexity index is 858. The maximum atomic E-state index is 13.0. The van der Waals surface area contributed by atoms with E-state index in [2.05, 4.69) is 47.4 Å². The summed E-state index contributed by atoms with van der Waals surface area (Å²) in [7, 11) is 0. The minimum atomic E-state index is -0.546. The highest BCUT2D eigenvalue weighted by Crippen LogP contribution is 2.30. The molecule has 0 radical (unpaired) electrons. The molecule has 31 heavy (non-hydrogen) atoms. The van der Waals surface area contributed by atoms with Crippen LogP contribution in [-0.2, 0) is 11.3 Å². The van der Waals surface area contributed by atoms with Crippen molar-refractivity contribution < 1.29 is 4.79 Å². The van der Waals surface area contributed by atoms with Crippen molar-refractivity contribution in [3.05, 3.63) is 41.6 Å². The van der Waals surface area contributed by atoms with Crippen molar-refractivity contribution in [3.63, 3.8) is 0 Å². The van der Waals surface area contributed by atoms with E-state index in [1.54, 1.807) is 6.92 Å². The molecule has 0 bridgehead atoms. The average molecular weight is 446 g/mol. The summed E-state index contributed by atoms with van der Waals surface area (Å²) in [6, 6.07) is 10.4. The third-order valence-electron chi connectivity index (χ3n) is 6.35. The molecular weight excluding hydrogens is 410 g/mol. The average Bonchev–Trinajstić information content (AvgIpc) is 3.12. The third kappa shape index (κ3) is 5.24. The van der Waals surface area contributed by atoms with Crippen molar-refractivity contribution in [1.82, 2.24) is 19.6 Å². The molecule has 7 heteroatoms. The quantitative estimate of drug-likeness (QED) is 0.574. The van der Waals surface area contributed by atoms with E-state index in [4.69, 9.17) is 16.7 Å². The first kappa shape index (κ1) is 23.6. The Kier molecular flexibility index (Phi) is 8.00. The van der Waals surface area contributed by atoms with E-state index in [0.717, 1.165) is 61.9 Å². The van der Waals surface area contributed by atoms with Crippen LogP contribution in [0.25, 0.3) is 5.69 Å². The summed E-state index contributed by atoms with van der Waals surface area (Å²) in [6.45, 7) is 15.8. The first-order chi connectivity index (χ1) is 14.9. The number of para-hydroxylation sites is 1. The van der Waals surface area contributed by atoms with Crippen LogP contribution in [0.1, 0.15) is 45.4 Å². The van der Waals surface area contributed by atoms with Gasteiger partial charge in [0, 0.05) is 37.8 Å². The van der Waals surface area contributed by atoms with Gasteiger partial charge in [-0.1, -0.05) is 32.0 Å². The van der Waals surface area contributed by atoms with Crippen LogP contribution in [0.15, 0.2) is 30.3 Å². The van der Waals surface area contributed by atoms with Gasteiger partial charge in [0.05, 0.1) is 17.9 Å². The first-order valence-electron chi connectivity index (χ1n) is 11.4. The first-order valence-corrected chi connectivity index (χ1v) is 11.9. The number of likely N-dealkylation sites (N-methyl/N-ethyl adjacent to an activating group) is 1. The van der Waals surface area contributed by atoms with Crippen molar-refractivity contribution in [2.45, 2.75) is 59.0 Å². The lowest BCUT2D eigenvalue weighted by atomic mass is 10.1. The molecule has 1 saturated heterocycles. The highest BCUT2D eigenvalue weighted by molar-refractivity contribution is 6.30. The van der Waals surface area contributed by atoms with Crippen molar-refractivity contribution in [1.29, 1.82) is 0 Å². The number of aryl methyl sites for hydroxylation is 1. The number of hydrogen-bond donors (Lipinski definition) is 0. The Labute approximate surface area is 191 Å². The normalized spacial score (nSPS) is 16.9. The molecule has 0 aliphatic carbocycles. The molecule has 2 aromatic rings. The monoisotopic (exact) mass is 445 g/mol. The smallest absolute Gasteiger partial charge is 0.240 e. The van der Waals surface area contributed by atoms with Gasteiger partial charge in [-0.25, -0.2) is 4.68 Å². The minimum absolute atomic E-state index is 0.0235. The number of hydrogen-bond acceptors (Lipinski definition) is 4. The second-order valence-electron chi connectivity index (χ2n) is 8.40. The van der Waals surface area contributed by atoms with E-state index < -0.39 is 5.38 Å². The molecule has 0 N–H and O–H groups in total. The zero-order valence-electron chi connectivity index (χ0n) is 19.5. The number of alkyl halides is 1. The fourth-order valence-electron chi connectivity index (χ4n) is 4.15. The van der Waals surface area contributed by atoms with Crippen molar-refractivity contribution in [3.8, 4) is 5.69 Å². The van der Waals surface area contributed by atoms with Crippen LogP contribution in [0.5, 0.6) is 0 Å².